The molecule has 0 aromatic heterocycles. The van der Waals surface area contributed by atoms with Gasteiger partial charge in [0.05, 0.1) is 0 Å². The van der Waals surface area contributed by atoms with Crippen LogP contribution in [0.5, 0.6) is 0 Å². The third kappa shape index (κ3) is 9.63. The van der Waals surface area contributed by atoms with Crippen molar-refractivity contribution in [2.24, 2.45) is 5.41 Å². The summed E-state index contributed by atoms with van der Waals surface area (Å²) in [5.74, 6) is 0. The lowest BCUT2D eigenvalue weighted by molar-refractivity contribution is 0.289. The molecular formula is C10H21Cl3Si. The summed E-state index contributed by atoms with van der Waals surface area (Å²) >= 11 is 18.4. The fourth-order valence-electron chi connectivity index (χ4n) is 1.78. The molecule has 4 heteroatoms. The quantitative estimate of drug-likeness (QED) is 0.360. The number of alkyl halides is 1. The van der Waals surface area contributed by atoms with Gasteiger partial charge in [-0.05, 0) is 44.7 Å². The number of hydrogen-bond acceptors (Lipinski definition) is 0. The highest BCUT2D eigenvalue weighted by molar-refractivity contribution is 7.44. The molecule has 0 N–H and O–H groups in total. The van der Waals surface area contributed by atoms with Gasteiger partial charge in [-0.2, -0.15) is 0 Å². The zero-order chi connectivity index (χ0) is 11.6. The van der Waals surface area contributed by atoms with E-state index in [-0.39, 0.29) is 10.3 Å². The first-order valence-electron chi connectivity index (χ1n) is 4.98. The molecule has 0 unspecified atom stereocenters. The van der Waals surface area contributed by atoms with Gasteiger partial charge in [-0.25, -0.2) is 0 Å². The Bertz CT molecular complexity index is 177. The van der Waals surface area contributed by atoms with Crippen molar-refractivity contribution in [3.05, 3.63) is 0 Å². The molecule has 0 aliphatic carbocycles. The molecule has 0 aromatic carbocycles. The summed E-state index contributed by atoms with van der Waals surface area (Å²) in [6.07, 6.45) is 2.04. The summed E-state index contributed by atoms with van der Waals surface area (Å²) in [7, 11) is 0. The second kappa shape index (κ2) is 4.95. The normalized spacial score (nSPS) is 14.6. The molecule has 0 spiro atoms. The fraction of sp³-hybridized carbons (Fsp3) is 1.00. The maximum atomic E-state index is 6.21. The summed E-state index contributed by atoms with van der Waals surface area (Å²) in [6.45, 7) is 8.58. The second-order valence-electron chi connectivity index (χ2n) is 5.63. The van der Waals surface area contributed by atoms with E-state index in [4.69, 9.17) is 33.8 Å². The SMILES string of the molecule is CC(C)(Cl)CC(C)(C)CC[Si](C)(Cl)Cl. The first-order chi connectivity index (χ1) is 5.91. The van der Waals surface area contributed by atoms with Crippen molar-refractivity contribution in [2.45, 2.75) is 58.0 Å². The van der Waals surface area contributed by atoms with Crippen LogP contribution in [0.15, 0.2) is 0 Å². The van der Waals surface area contributed by atoms with Crippen molar-refractivity contribution in [1.82, 2.24) is 0 Å². The Labute approximate surface area is 104 Å². The van der Waals surface area contributed by atoms with Crippen LogP contribution in [0, 0.1) is 5.41 Å². The lowest BCUT2D eigenvalue weighted by atomic mass is 9.81. The highest BCUT2D eigenvalue weighted by Gasteiger charge is 2.30. The van der Waals surface area contributed by atoms with E-state index in [1.807, 2.05) is 20.4 Å². The lowest BCUT2D eigenvalue weighted by Crippen LogP contribution is -2.26. The Morgan fingerprint density at radius 3 is 1.79 bits per heavy atom. The van der Waals surface area contributed by atoms with Gasteiger partial charge in [0.15, 0.2) is 0 Å². The highest BCUT2D eigenvalue weighted by atomic mass is 35.7. The van der Waals surface area contributed by atoms with Crippen molar-refractivity contribution in [1.29, 1.82) is 0 Å². The molecule has 14 heavy (non-hydrogen) atoms. The standard InChI is InChI=1S/C10H21Cl3Si/c1-9(2,8-10(3,4)11)6-7-14(5,12)13/h6-8H2,1-5H3. The molecule has 0 saturated carbocycles. The average Bonchev–Trinajstić information content (AvgIpc) is 1.76. The molecule has 0 aliphatic heterocycles. The summed E-state index contributed by atoms with van der Waals surface area (Å²) < 4.78 is 0. The summed E-state index contributed by atoms with van der Waals surface area (Å²) in [5, 5.41) is 0. The van der Waals surface area contributed by atoms with Gasteiger partial charge in [0.25, 0.3) is 0 Å². The zero-order valence-corrected chi connectivity index (χ0v) is 13.0. The molecule has 0 heterocycles. The van der Waals surface area contributed by atoms with Crippen LogP contribution in [0.4, 0.5) is 0 Å². The maximum Gasteiger partial charge on any atom is 0.248 e. The van der Waals surface area contributed by atoms with Gasteiger partial charge in [-0.15, -0.1) is 33.8 Å². The zero-order valence-electron chi connectivity index (χ0n) is 9.76. The van der Waals surface area contributed by atoms with Crippen LogP contribution in [0.2, 0.25) is 12.6 Å². The monoisotopic (exact) mass is 274 g/mol. The largest absolute Gasteiger partial charge is 0.248 e. The summed E-state index contributed by atoms with van der Waals surface area (Å²) in [5.41, 5.74) is 0.225. The predicted octanol–water partition coefficient (Wildman–Crippen LogP) is 5.36. The van der Waals surface area contributed by atoms with Crippen molar-refractivity contribution >= 4 is 40.5 Å². The smallest absolute Gasteiger partial charge is 0.146 e. The fourth-order valence-corrected chi connectivity index (χ4v) is 3.83. The van der Waals surface area contributed by atoms with Crippen LogP contribution in [-0.2, 0) is 0 Å². The Kier molecular flexibility index (Phi) is 5.33. The molecule has 0 amide bonds. The molecular weight excluding hydrogens is 255 g/mol. The molecule has 0 bridgehead atoms. The van der Waals surface area contributed by atoms with Gasteiger partial charge in [-0.1, -0.05) is 13.8 Å². The van der Waals surface area contributed by atoms with Crippen molar-refractivity contribution in [3.63, 3.8) is 0 Å². The lowest BCUT2D eigenvalue weighted by Gasteiger charge is -2.32. The van der Waals surface area contributed by atoms with E-state index in [0.29, 0.717) is 0 Å². The molecule has 0 radical (unpaired) electrons. The molecule has 0 nitrogen and oxygen atoms in total. The van der Waals surface area contributed by atoms with Gasteiger partial charge in [0.2, 0.25) is 6.69 Å². The number of rotatable bonds is 5. The molecule has 0 aliphatic rings. The van der Waals surface area contributed by atoms with Gasteiger partial charge >= 0.3 is 0 Å². The molecule has 0 saturated heterocycles. The molecule has 0 aromatic rings. The van der Waals surface area contributed by atoms with Crippen molar-refractivity contribution in [3.8, 4) is 0 Å². The molecule has 0 atom stereocenters. The van der Waals surface area contributed by atoms with Crippen LogP contribution < -0.4 is 0 Å². The van der Waals surface area contributed by atoms with Crippen LogP contribution in [-0.4, -0.2) is 11.6 Å². The van der Waals surface area contributed by atoms with Crippen molar-refractivity contribution in [2.75, 3.05) is 0 Å². The number of halogens is 3. The van der Waals surface area contributed by atoms with Gasteiger partial charge in [-0.3, -0.25) is 0 Å². The molecule has 86 valence electrons. The Balaban J connectivity index is 4.09. The van der Waals surface area contributed by atoms with E-state index in [0.717, 1.165) is 18.9 Å². The average molecular weight is 276 g/mol. The van der Waals surface area contributed by atoms with Crippen molar-refractivity contribution < 1.29 is 0 Å². The second-order valence-corrected chi connectivity index (χ2v) is 14.9. The van der Waals surface area contributed by atoms with Gasteiger partial charge in [0.1, 0.15) is 0 Å². The van der Waals surface area contributed by atoms with E-state index in [9.17, 15) is 0 Å². The minimum Gasteiger partial charge on any atom is -0.146 e. The first-order valence-corrected chi connectivity index (χ1v) is 10.1. The van der Waals surface area contributed by atoms with Crippen LogP contribution >= 0.6 is 33.8 Å². The predicted molar refractivity (Wildman–Crippen MR) is 71.1 cm³/mol. The van der Waals surface area contributed by atoms with E-state index >= 15 is 0 Å². The third-order valence-corrected chi connectivity index (χ3v) is 4.54. The van der Waals surface area contributed by atoms with Gasteiger partial charge in [0, 0.05) is 4.87 Å². The van der Waals surface area contributed by atoms with E-state index < -0.39 is 6.69 Å². The minimum absolute atomic E-state index is 0.139. The Hall–Kier alpha value is 1.09. The molecule has 0 rings (SSSR count). The third-order valence-electron chi connectivity index (χ3n) is 2.14. The van der Waals surface area contributed by atoms with E-state index in [1.165, 1.54) is 0 Å². The maximum absolute atomic E-state index is 6.21. The minimum atomic E-state index is -1.94. The Morgan fingerprint density at radius 2 is 1.50 bits per heavy atom. The number of hydrogen-bond donors (Lipinski definition) is 0. The van der Waals surface area contributed by atoms with E-state index in [1.54, 1.807) is 0 Å². The van der Waals surface area contributed by atoms with Crippen LogP contribution in [0.3, 0.4) is 0 Å². The summed E-state index contributed by atoms with van der Waals surface area (Å²) in [4.78, 5) is -0.139. The summed E-state index contributed by atoms with van der Waals surface area (Å²) in [6, 6.07) is 0.941. The van der Waals surface area contributed by atoms with E-state index in [2.05, 4.69) is 13.8 Å². The van der Waals surface area contributed by atoms with Crippen LogP contribution in [0.25, 0.3) is 0 Å². The van der Waals surface area contributed by atoms with Crippen LogP contribution in [0.1, 0.15) is 40.5 Å². The highest BCUT2D eigenvalue weighted by Crippen LogP contribution is 2.38. The topological polar surface area (TPSA) is 0 Å². The Morgan fingerprint density at radius 1 is 1.07 bits per heavy atom. The molecule has 0 fully saturated rings. The van der Waals surface area contributed by atoms with Gasteiger partial charge < -0.3 is 0 Å². The first kappa shape index (κ1) is 15.1.